The van der Waals surface area contributed by atoms with Crippen LogP contribution in [-0.2, 0) is 9.59 Å². The molecule has 4 rings (SSSR count). The lowest BCUT2D eigenvalue weighted by Gasteiger charge is -2.16. The molecular weight excluding hydrogens is 537 g/mol. The maximum atomic E-state index is 14.3. The van der Waals surface area contributed by atoms with E-state index in [2.05, 4.69) is 16.0 Å². The Morgan fingerprint density at radius 1 is 0.780 bits per heavy atom. The Labute approximate surface area is 243 Å². The smallest absolute Gasteiger partial charge is 0.272 e. The van der Waals surface area contributed by atoms with Gasteiger partial charge in [-0.3, -0.25) is 14.4 Å². The van der Waals surface area contributed by atoms with Gasteiger partial charge >= 0.3 is 0 Å². The summed E-state index contributed by atoms with van der Waals surface area (Å²) in [7, 11) is 0. The predicted molar refractivity (Wildman–Crippen MR) is 163 cm³/mol. The number of hydrogen-bond acceptors (Lipinski definition) is 4. The van der Waals surface area contributed by atoms with Crippen LogP contribution in [0.2, 0.25) is 0 Å². The quantitative estimate of drug-likeness (QED) is 0.151. The summed E-state index contributed by atoms with van der Waals surface area (Å²) in [6, 6.07) is 27.3. The zero-order valence-corrected chi connectivity index (χ0v) is 23.7. The lowest BCUT2D eigenvalue weighted by molar-refractivity contribution is -0.115. The van der Waals surface area contributed by atoms with Gasteiger partial charge in [-0.15, -0.1) is 11.8 Å². The number of amides is 3. The van der Waals surface area contributed by atoms with Gasteiger partial charge in [0, 0.05) is 27.4 Å². The summed E-state index contributed by atoms with van der Waals surface area (Å²) in [5, 5.41) is 8.01. The van der Waals surface area contributed by atoms with E-state index in [1.165, 1.54) is 30.0 Å². The molecule has 0 bridgehead atoms. The minimum absolute atomic E-state index is 0.109. The van der Waals surface area contributed by atoms with Crippen LogP contribution < -0.4 is 16.0 Å². The minimum atomic E-state index is -0.612. The fourth-order valence-corrected chi connectivity index (χ4v) is 4.87. The van der Waals surface area contributed by atoms with Crippen molar-refractivity contribution in [1.82, 2.24) is 5.32 Å². The molecule has 1 atom stereocenters. The molecule has 0 aliphatic carbocycles. The van der Waals surface area contributed by atoms with E-state index in [1.54, 1.807) is 66.7 Å². The number of aryl methyl sites for hydroxylation is 2. The summed E-state index contributed by atoms with van der Waals surface area (Å²) < 4.78 is 14.3. The molecular formula is C33H30FN3O3S. The van der Waals surface area contributed by atoms with Gasteiger partial charge in [0.05, 0.1) is 5.25 Å². The van der Waals surface area contributed by atoms with Crippen molar-refractivity contribution in [2.24, 2.45) is 0 Å². The molecule has 6 nitrogen and oxygen atoms in total. The highest BCUT2D eigenvalue weighted by molar-refractivity contribution is 8.00. The van der Waals surface area contributed by atoms with Crippen LogP contribution >= 0.6 is 11.8 Å². The van der Waals surface area contributed by atoms with Crippen LogP contribution in [0.15, 0.2) is 108 Å². The third-order valence-corrected chi connectivity index (χ3v) is 7.37. The Hall–Kier alpha value is -4.69. The summed E-state index contributed by atoms with van der Waals surface area (Å²) in [6.07, 6.45) is 1.30. The minimum Gasteiger partial charge on any atom is -0.325 e. The molecule has 0 fully saturated rings. The third kappa shape index (κ3) is 7.93. The van der Waals surface area contributed by atoms with E-state index in [1.807, 2.05) is 39.0 Å². The second-order valence-electron chi connectivity index (χ2n) is 9.39. The fourth-order valence-electron chi connectivity index (χ4n) is 4.00. The van der Waals surface area contributed by atoms with Crippen molar-refractivity contribution >= 4 is 46.9 Å². The SMILES string of the molecule is Cc1cccc(C)c1NC(=O)C(C)Sc1ccc(NC(=O)/C(=C/c2ccccc2F)NC(=O)c2ccccc2)cc1. The Kier molecular flexibility index (Phi) is 9.71. The number of para-hydroxylation sites is 1. The molecule has 8 heteroatoms. The van der Waals surface area contributed by atoms with Gasteiger partial charge in [0.1, 0.15) is 11.5 Å². The van der Waals surface area contributed by atoms with Gasteiger partial charge in [-0.1, -0.05) is 54.6 Å². The highest BCUT2D eigenvalue weighted by atomic mass is 32.2. The molecule has 3 N–H and O–H groups in total. The predicted octanol–water partition coefficient (Wildman–Crippen LogP) is 6.97. The maximum absolute atomic E-state index is 14.3. The van der Waals surface area contributed by atoms with Gasteiger partial charge < -0.3 is 16.0 Å². The van der Waals surface area contributed by atoms with Crippen molar-refractivity contribution in [1.29, 1.82) is 0 Å². The highest BCUT2D eigenvalue weighted by Gasteiger charge is 2.18. The summed E-state index contributed by atoms with van der Waals surface area (Å²) in [5.74, 6) is -1.74. The van der Waals surface area contributed by atoms with E-state index in [-0.39, 0.29) is 22.4 Å². The third-order valence-electron chi connectivity index (χ3n) is 6.26. The molecule has 0 aliphatic rings. The number of rotatable bonds is 9. The van der Waals surface area contributed by atoms with Crippen LogP contribution in [0.4, 0.5) is 15.8 Å². The summed E-state index contributed by atoms with van der Waals surface area (Å²) in [5.41, 5.74) is 3.70. The first-order valence-corrected chi connectivity index (χ1v) is 13.9. The van der Waals surface area contributed by atoms with Gasteiger partial charge in [0.25, 0.3) is 11.8 Å². The van der Waals surface area contributed by atoms with E-state index in [4.69, 9.17) is 0 Å². The zero-order valence-electron chi connectivity index (χ0n) is 22.9. The standard InChI is InChI=1S/C33H30FN3O3S/c1-21-10-9-11-22(2)30(21)37-31(38)23(3)41-27-18-16-26(17-19-27)35-33(40)29(20-25-14-7-8-15-28(25)34)36-32(39)24-12-5-4-6-13-24/h4-20,23H,1-3H3,(H,35,40)(H,36,39)(H,37,38)/b29-20-. The van der Waals surface area contributed by atoms with Crippen LogP contribution in [0.25, 0.3) is 6.08 Å². The molecule has 41 heavy (non-hydrogen) atoms. The lowest BCUT2D eigenvalue weighted by atomic mass is 10.1. The van der Waals surface area contributed by atoms with Crippen LogP contribution in [0.3, 0.4) is 0 Å². The van der Waals surface area contributed by atoms with Gasteiger partial charge in [-0.25, -0.2) is 4.39 Å². The Morgan fingerprint density at radius 3 is 2.07 bits per heavy atom. The molecule has 208 valence electrons. The lowest BCUT2D eigenvalue weighted by Crippen LogP contribution is -2.30. The monoisotopic (exact) mass is 567 g/mol. The van der Waals surface area contributed by atoms with Crippen molar-refractivity contribution in [2.45, 2.75) is 30.9 Å². The van der Waals surface area contributed by atoms with Gasteiger partial charge in [-0.05, 0) is 80.4 Å². The number of thioether (sulfide) groups is 1. The van der Waals surface area contributed by atoms with Crippen LogP contribution in [0.1, 0.15) is 34.0 Å². The molecule has 0 aliphatic heterocycles. The molecule has 0 saturated heterocycles. The number of anilines is 2. The van der Waals surface area contributed by atoms with Gasteiger partial charge in [0.2, 0.25) is 5.91 Å². The number of carbonyl (C=O) groups excluding carboxylic acids is 3. The number of nitrogens with one attached hydrogen (secondary N) is 3. The topological polar surface area (TPSA) is 87.3 Å². The molecule has 4 aromatic rings. The number of carbonyl (C=O) groups is 3. The average Bonchev–Trinajstić information content (AvgIpc) is 2.97. The highest BCUT2D eigenvalue weighted by Crippen LogP contribution is 2.27. The first-order valence-electron chi connectivity index (χ1n) is 13.0. The molecule has 0 heterocycles. The zero-order chi connectivity index (χ0) is 29.4. The first-order chi connectivity index (χ1) is 19.7. The van der Waals surface area contributed by atoms with E-state index >= 15 is 0 Å². The Morgan fingerprint density at radius 2 is 1.41 bits per heavy atom. The number of halogens is 1. The Balaban J connectivity index is 1.44. The summed E-state index contributed by atoms with van der Waals surface area (Å²) >= 11 is 1.39. The van der Waals surface area contributed by atoms with Crippen molar-refractivity contribution < 1.29 is 18.8 Å². The van der Waals surface area contributed by atoms with Crippen molar-refractivity contribution in [3.05, 3.63) is 131 Å². The van der Waals surface area contributed by atoms with Crippen LogP contribution in [0, 0.1) is 19.7 Å². The molecule has 0 aromatic heterocycles. The van der Waals surface area contributed by atoms with Crippen LogP contribution in [0.5, 0.6) is 0 Å². The molecule has 0 saturated carbocycles. The summed E-state index contributed by atoms with van der Waals surface area (Å²) in [4.78, 5) is 39.6. The summed E-state index contributed by atoms with van der Waals surface area (Å²) in [6.45, 7) is 5.74. The molecule has 1 unspecified atom stereocenters. The molecule has 0 radical (unpaired) electrons. The average molecular weight is 568 g/mol. The molecule has 4 aromatic carbocycles. The van der Waals surface area contributed by atoms with Crippen molar-refractivity contribution in [3.8, 4) is 0 Å². The molecule has 3 amide bonds. The van der Waals surface area contributed by atoms with E-state index in [0.29, 0.717) is 11.3 Å². The second kappa shape index (κ2) is 13.6. The van der Waals surface area contributed by atoms with Crippen LogP contribution in [-0.4, -0.2) is 23.0 Å². The Bertz CT molecular complexity index is 1570. The van der Waals surface area contributed by atoms with Crippen molar-refractivity contribution in [3.63, 3.8) is 0 Å². The largest absolute Gasteiger partial charge is 0.325 e. The van der Waals surface area contributed by atoms with Crippen molar-refractivity contribution in [2.75, 3.05) is 10.6 Å². The molecule has 0 spiro atoms. The van der Waals surface area contributed by atoms with E-state index in [0.717, 1.165) is 21.7 Å². The van der Waals surface area contributed by atoms with Gasteiger partial charge in [-0.2, -0.15) is 0 Å². The number of benzene rings is 4. The normalized spacial score (nSPS) is 11.9. The maximum Gasteiger partial charge on any atom is 0.272 e. The van der Waals surface area contributed by atoms with Gasteiger partial charge in [0.15, 0.2) is 0 Å². The van der Waals surface area contributed by atoms with E-state index in [9.17, 15) is 18.8 Å². The van der Waals surface area contributed by atoms with E-state index < -0.39 is 17.6 Å². The number of hydrogen-bond donors (Lipinski definition) is 3. The second-order valence-corrected chi connectivity index (χ2v) is 10.8. The first kappa shape index (κ1) is 29.3. The fraction of sp³-hybridized carbons (Fsp3) is 0.121.